The number of hydrogen-bond acceptors (Lipinski definition) is 5. The van der Waals surface area contributed by atoms with Crippen LogP contribution in [0.4, 0.5) is 8.78 Å². The highest BCUT2D eigenvalue weighted by Crippen LogP contribution is 2.23. The van der Waals surface area contributed by atoms with E-state index < -0.39 is 17.6 Å². The molecule has 0 radical (unpaired) electrons. The number of benzene rings is 2. The van der Waals surface area contributed by atoms with E-state index in [0.29, 0.717) is 23.3 Å². The van der Waals surface area contributed by atoms with E-state index in [1.165, 1.54) is 0 Å². The summed E-state index contributed by atoms with van der Waals surface area (Å²) in [5.74, 6) is -1.47. The van der Waals surface area contributed by atoms with Gasteiger partial charge in [-0.3, -0.25) is 0 Å². The van der Waals surface area contributed by atoms with E-state index in [1.807, 2.05) is 0 Å². The van der Waals surface area contributed by atoms with Crippen LogP contribution in [0.3, 0.4) is 0 Å². The molecule has 0 bridgehead atoms. The molecular formula is C18H13F2NO4. The number of aromatic nitrogens is 1. The van der Waals surface area contributed by atoms with Gasteiger partial charge in [-0.15, -0.1) is 0 Å². The molecule has 3 rings (SSSR count). The summed E-state index contributed by atoms with van der Waals surface area (Å²) in [5, 5.41) is 3.80. The molecule has 0 aliphatic carbocycles. The lowest BCUT2D eigenvalue weighted by atomic mass is 10.1. The van der Waals surface area contributed by atoms with Gasteiger partial charge in [0.05, 0.1) is 12.7 Å². The summed E-state index contributed by atoms with van der Waals surface area (Å²) in [6.07, 6.45) is 0. The molecule has 1 heterocycles. The van der Waals surface area contributed by atoms with Crippen LogP contribution in [0.25, 0.3) is 11.3 Å². The fraction of sp³-hybridized carbons (Fsp3) is 0.111. The zero-order chi connectivity index (χ0) is 17.8. The monoisotopic (exact) mass is 345 g/mol. The zero-order valence-corrected chi connectivity index (χ0v) is 13.2. The van der Waals surface area contributed by atoms with Crippen molar-refractivity contribution >= 4 is 5.97 Å². The van der Waals surface area contributed by atoms with Gasteiger partial charge < -0.3 is 14.0 Å². The Kier molecular flexibility index (Phi) is 4.74. The number of methoxy groups -OCH3 is 1. The fourth-order valence-corrected chi connectivity index (χ4v) is 2.14. The van der Waals surface area contributed by atoms with Gasteiger partial charge >= 0.3 is 5.97 Å². The summed E-state index contributed by atoms with van der Waals surface area (Å²) in [5.41, 5.74) is 0.789. The summed E-state index contributed by atoms with van der Waals surface area (Å²) >= 11 is 0. The Hall–Kier alpha value is -3.22. The minimum absolute atomic E-state index is 0.199. The van der Waals surface area contributed by atoms with Gasteiger partial charge in [0.1, 0.15) is 29.7 Å². The van der Waals surface area contributed by atoms with Crippen LogP contribution in [0.1, 0.15) is 16.1 Å². The number of hydrogen-bond donors (Lipinski definition) is 0. The first-order valence-corrected chi connectivity index (χ1v) is 7.29. The number of ether oxygens (including phenoxy) is 2. The molecule has 1 aromatic heterocycles. The van der Waals surface area contributed by atoms with Crippen molar-refractivity contribution in [2.75, 3.05) is 7.11 Å². The first-order valence-electron chi connectivity index (χ1n) is 7.29. The van der Waals surface area contributed by atoms with E-state index >= 15 is 0 Å². The third kappa shape index (κ3) is 3.82. The molecule has 0 amide bonds. The second kappa shape index (κ2) is 7.12. The van der Waals surface area contributed by atoms with Crippen molar-refractivity contribution in [2.45, 2.75) is 6.61 Å². The van der Waals surface area contributed by atoms with Gasteiger partial charge in [0, 0.05) is 17.7 Å². The average molecular weight is 345 g/mol. The molecule has 0 fully saturated rings. The van der Waals surface area contributed by atoms with Crippen LogP contribution in [-0.4, -0.2) is 18.2 Å². The van der Waals surface area contributed by atoms with E-state index in [4.69, 9.17) is 14.0 Å². The normalized spacial score (nSPS) is 10.5. The Bertz CT molecular complexity index is 890. The van der Waals surface area contributed by atoms with Crippen molar-refractivity contribution in [2.24, 2.45) is 0 Å². The van der Waals surface area contributed by atoms with Crippen molar-refractivity contribution < 1.29 is 27.6 Å². The number of carbonyl (C=O) groups is 1. The smallest absolute Gasteiger partial charge is 0.341 e. The second-order valence-corrected chi connectivity index (χ2v) is 5.11. The maximum absolute atomic E-state index is 13.5. The molecule has 0 aliphatic heterocycles. The van der Waals surface area contributed by atoms with E-state index in [-0.39, 0.29) is 12.2 Å². The molecular weight excluding hydrogens is 332 g/mol. The molecule has 0 atom stereocenters. The van der Waals surface area contributed by atoms with Crippen LogP contribution >= 0.6 is 0 Å². The first-order chi connectivity index (χ1) is 12.1. The Morgan fingerprint density at radius 1 is 1.12 bits per heavy atom. The predicted octanol–water partition coefficient (Wildman–Crippen LogP) is 3.99. The molecule has 0 unspecified atom stereocenters. The average Bonchev–Trinajstić information content (AvgIpc) is 3.09. The van der Waals surface area contributed by atoms with Crippen LogP contribution in [0, 0.1) is 11.6 Å². The predicted molar refractivity (Wildman–Crippen MR) is 84.0 cm³/mol. The van der Waals surface area contributed by atoms with Crippen LogP contribution in [0.5, 0.6) is 5.75 Å². The standard InChI is InChI=1S/C18H13F2NO4/c1-23-14-5-2-11(3-6-14)17-9-13(21-25-17)10-24-18(22)15-7-4-12(19)8-16(15)20/h2-9H,10H2,1H3. The molecule has 0 N–H and O–H groups in total. The summed E-state index contributed by atoms with van der Waals surface area (Å²) in [6.45, 7) is -0.199. The molecule has 25 heavy (non-hydrogen) atoms. The molecule has 5 nitrogen and oxygen atoms in total. The van der Waals surface area contributed by atoms with Crippen molar-refractivity contribution in [3.8, 4) is 17.1 Å². The highest BCUT2D eigenvalue weighted by Gasteiger charge is 2.15. The summed E-state index contributed by atoms with van der Waals surface area (Å²) in [6, 6.07) is 11.4. The molecule has 2 aromatic carbocycles. The van der Waals surface area contributed by atoms with E-state index in [0.717, 1.165) is 17.7 Å². The zero-order valence-electron chi connectivity index (χ0n) is 13.2. The van der Waals surface area contributed by atoms with E-state index in [9.17, 15) is 13.6 Å². The van der Waals surface area contributed by atoms with Gasteiger partial charge in [-0.1, -0.05) is 5.16 Å². The lowest BCUT2D eigenvalue weighted by molar-refractivity contribution is 0.0459. The number of halogens is 2. The molecule has 0 saturated heterocycles. The molecule has 0 aliphatic rings. The molecule has 0 saturated carbocycles. The maximum atomic E-state index is 13.5. The van der Waals surface area contributed by atoms with Crippen LogP contribution in [0.2, 0.25) is 0 Å². The van der Waals surface area contributed by atoms with Crippen molar-refractivity contribution in [3.63, 3.8) is 0 Å². The van der Waals surface area contributed by atoms with Gasteiger partial charge in [-0.05, 0) is 36.4 Å². The molecule has 128 valence electrons. The third-order valence-electron chi connectivity index (χ3n) is 3.44. The summed E-state index contributed by atoms with van der Waals surface area (Å²) in [4.78, 5) is 11.8. The fourth-order valence-electron chi connectivity index (χ4n) is 2.14. The summed E-state index contributed by atoms with van der Waals surface area (Å²) in [7, 11) is 1.57. The number of esters is 1. The number of nitrogens with zero attached hydrogens (tertiary/aromatic N) is 1. The van der Waals surface area contributed by atoms with Crippen LogP contribution in [0.15, 0.2) is 53.1 Å². The Labute approximate surface area is 141 Å². The minimum Gasteiger partial charge on any atom is -0.497 e. The number of rotatable bonds is 5. The topological polar surface area (TPSA) is 61.6 Å². The quantitative estimate of drug-likeness (QED) is 0.655. The number of carbonyl (C=O) groups excluding carboxylic acids is 1. The van der Waals surface area contributed by atoms with Crippen molar-refractivity contribution in [3.05, 3.63) is 71.4 Å². The first kappa shape index (κ1) is 16.6. The Morgan fingerprint density at radius 2 is 1.88 bits per heavy atom. The highest BCUT2D eigenvalue weighted by molar-refractivity contribution is 5.89. The van der Waals surface area contributed by atoms with Gasteiger partial charge in [0.25, 0.3) is 0 Å². The van der Waals surface area contributed by atoms with Crippen LogP contribution < -0.4 is 4.74 Å². The van der Waals surface area contributed by atoms with Gasteiger partial charge in [-0.25, -0.2) is 13.6 Å². The Balaban J connectivity index is 1.66. The van der Waals surface area contributed by atoms with Crippen LogP contribution in [-0.2, 0) is 11.3 Å². The van der Waals surface area contributed by atoms with E-state index in [2.05, 4.69) is 5.16 Å². The summed E-state index contributed by atoms with van der Waals surface area (Å²) < 4.78 is 41.6. The lowest BCUT2D eigenvalue weighted by Gasteiger charge is -2.03. The minimum atomic E-state index is -0.982. The molecule has 7 heteroatoms. The van der Waals surface area contributed by atoms with Gasteiger partial charge in [0.15, 0.2) is 5.76 Å². The van der Waals surface area contributed by atoms with Gasteiger partial charge in [-0.2, -0.15) is 0 Å². The Morgan fingerprint density at radius 3 is 2.56 bits per heavy atom. The van der Waals surface area contributed by atoms with Crippen molar-refractivity contribution in [1.29, 1.82) is 0 Å². The third-order valence-corrected chi connectivity index (χ3v) is 3.44. The van der Waals surface area contributed by atoms with Gasteiger partial charge in [0.2, 0.25) is 0 Å². The largest absolute Gasteiger partial charge is 0.497 e. The van der Waals surface area contributed by atoms with Crippen molar-refractivity contribution in [1.82, 2.24) is 5.16 Å². The lowest BCUT2D eigenvalue weighted by Crippen LogP contribution is -2.08. The SMILES string of the molecule is COc1ccc(-c2cc(COC(=O)c3ccc(F)cc3F)no2)cc1. The second-order valence-electron chi connectivity index (χ2n) is 5.11. The molecule has 3 aromatic rings. The molecule has 0 spiro atoms. The maximum Gasteiger partial charge on any atom is 0.341 e. The highest BCUT2D eigenvalue weighted by atomic mass is 19.1. The van der Waals surface area contributed by atoms with E-state index in [1.54, 1.807) is 37.4 Å².